The Kier molecular flexibility index (Phi) is 3.99. The third-order valence-corrected chi connectivity index (χ3v) is 3.27. The van der Waals surface area contributed by atoms with Crippen molar-refractivity contribution in [2.45, 2.75) is 44.9 Å². The highest BCUT2D eigenvalue weighted by molar-refractivity contribution is 5.69. The molecule has 1 aromatic carbocycles. The van der Waals surface area contributed by atoms with Gasteiger partial charge in [0.25, 0.3) is 0 Å². The summed E-state index contributed by atoms with van der Waals surface area (Å²) < 4.78 is 5.45. The largest absolute Gasteiger partial charge is 0.444 e. The van der Waals surface area contributed by atoms with Gasteiger partial charge >= 0.3 is 6.09 Å². The highest BCUT2D eigenvalue weighted by atomic mass is 16.6. The minimum atomic E-state index is -0.519. The second-order valence-electron chi connectivity index (χ2n) is 6.08. The van der Waals surface area contributed by atoms with Crippen molar-refractivity contribution >= 4 is 6.09 Å². The summed E-state index contributed by atoms with van der Waals surface area (Å²) >= 11 is 0. The zero-order valence-corrected chi connectivity index (χ0v) is 12.2. The first kappa shape index (κ1) is 14.4. The fourth-order valence-electron chi connectivity index (χ4n) is 2.42. The van der Waals surface area contributed by atoms with Crippen molar-refractivity contribution in [3.8, 4) is 0 Å². The molecule has 1 fully saturated rings. The van der Waals surface area contributed by atoms with Gasteiger partial charge in [0.1, 0.15) is 5.60 Å². The van der Waals surface area contributed by atoms with Crippen LogP contribution in [0.4, 0.5) is 4.79 Å². The molecule has 0 unspecified atom stereocenters. The average Bonchev–Trinajstić information content (AvgIpc) is 2.82. The Bertz CT molecular complexity index is 514. The number of rotatable bonds is 1. The predicted octanol–water partition coefficient (Wildman–Crippen LogP) is 3.66. The Morgan fingerprint density at radius 3 is 2.55 bits per heavy atom. The quantitative estimate of drug-likeness (QED) is 0.731. The Morgan fingerprint density at radius 2 is 2.00 bits per heavy atom. The second kappa shape index (κ2) is 5.54. The summed E-state index contributed by atoms with van der Waals surface area (Å²) in [5.41, 5.74) is 0.540. The number of likely N-dealkylation sites (tertiary alicyclic amines) is 1. The molecule has 1 amide bonds. The summed E-state index contributed by atoms with van der Waals surface area (Å²) in [4.78, 5) is 17.6. The zero-order chi connectivity index (χ0) is 14.8. The van der Waals surface area contributed by atoms with Crippen LogP contribution in [0.3, 0.4) is 0 Å². The van der Waals surface area contributed by atoms with E-state index in [9.17, 15) is 4.79 Å². The van der Waals surface area contributed by atoms with Gasteiger partial charge in [0.15, 0.2) is 0 Å². The summed E-state index contributed by atoms with van der Waals surface area (Å²) in [5, 5.41) is 0. The van der Waals surface area contributed by atoms with Gasteiger partial charge in [-0.05, 0) is 26.3 Å². The molecule has 4 nitrogen and oxygen atoms in total. The molecule has 4 heteroatoms. The topological polar surface area (TPSA) is 33.9 Å². The van der Waals surface area contributed by atoms with E-state index in [-0.39, 0.29) is 18.2 Å². The number of carbonyl (C=O) groups excluding carboxylic acids is 1. The second-order valence-corrected chi connectivity index (χ2v) is 6.08. The van der Waals surface area contributed by atoms with E-state index in [1.165, 1.54) is 0 Å². The van der Waals surface area contributed by atoms with Crippen LogP contribution >= 0.6 is 0 Å². The van der Waals surface area contributed by atoms with Gasteiger partial charge in [-0.3, -0.25) is 4.90 Å². The van der Waals surface area contributed by atoms with E-state index in [1.54, 1.807) is 4.90 Å². The van der Waals surface area contributed by atoms with Crippen molar-refractivity contribution in [2.75, 3.05) is 6.54 Å². The van der Waals surface area contributed by atoms with Crippen molar-refractivity contribution in [2.24, 2.45) is 0 Å². The van der Waals surface area contributed by atoms with E-state index < -0.39 is 5.60 Å². The van der Waals surface area contributed by atoms with Crippen LogP contribution in [0.2, 0.25) is 0 Å². The van der Waals surface area contributed by atoms with E-state index in [0.717, 1.165) is 5.56 Å². The molecule has 1 aliphatic heterocycles. The lowest BCUT2D eigenvalue weighted by Crippen LogP contribution is -2.37. The summed E-state index contributed by atoms with van der Waals surface area (Å²) in [6, 6.07) is 9.63. The van der Waals surface area contributed by atoms with Gasteiger partial charge in [0, 0.05) is 6.42 Å². The van der Waals surface area contributed by atoms with Crippen molar-refractivity contribution in [3.63, 3.8) is 0 Å². The van der Waals surface area contributed by atoms with Crippen molar-refractivity contribution in [1.82, 2.24) is 4.90 Å². The average molecular weight is 272 g/mol. The van der Waals surface area contributed by atoms with E-state index in [4.69, 9.17) is 11.3 Å². The maximum atomic E-state index is 12.3. The lowest BCUT2D eigenvalue weighted by atomic mass is 10.0. The Morgan fingerprint density at radius 1 is 1.35 bits per heavy atom. The molecule has 0 bridgehead atoms. The fraction of sp³-hybridized carbons (Fsp3) is 0.500. The molecule has 106 valence electrons. The first-order chi connectivity index (χ1) is 9.40. The normalized spacial score (nSPS) is 22.4. The smallest absolute Gasteiger partial charge is 0.411 e. The number of benzene rings is 1. The molecular formula is C16H20N2O2. The van der Waals surface area contributed by atoms with Gasteiger partial charge in [-0.15, -0.1) is 0 Å². The molecule has 0 saturated carbocycles. The number of carbonyl (C=O) groups is 1. The van der Waals surface area contributed by atoms with Crippen molar-refractivity contribution in [1.29, 1.82) is 0 Å². The van der Waals surface area contributed by atoms with Gasteiger partial charge in [0.05, 0.1) is 12.6 Å². The van der Waals surface area contributed by atoms with Gasteiger partial charge in [-0.25, -0.2) is 11.4 Å². The maximum Gasteiger partial charge on any atom is 0.411 e. The molecule has 1 aromatic rings. The van der Waals surface area contributed by atoms with Crippen LogP contribution in [0.5, 0.6) is 0 Å². The zero-order valence-electron chi connectivity index (χ0n) is 12.2. The standard InChI is InChI=1S/C16H20N2O2/c1-16(2,3)20-15(19)18-11-13(17-4)10-14(18)12-8-6-5-7-9-12/h5-9,13-14H,10-11H2,1-3H3/t13-,14+/m1/s1. The fourth-order valence-corrected chi connectivity index (χ4v) is 2.42. The van der Waals surface area contributed by atoms with Crippen LogP contribution in [-0.4, -0.2) is 29.2 Å². The van der Waals surface area contributed by atoms with E-state index in [1.807, 2.05) is 51.1 Å². The van der Waals surface area contributed by atoms with Crippen LogP contribution in [0.1, 0.15) is 38.8 Å². The van der Waals surface area contributed by atoms with Crippen LogP contribution in [0.25, 0.3) is 4.85 Å². The number of nitrogens with zero attached hydrogens (tertiary/aromatic N) is 2. The molecule has 0 spiro atoms. The number of ether oxygens (including phenoxy) is 1. The number of hydrogen-bond donors (Lipinski definition) is 0. The minimum Gasteiger partial charge on any atom is -0.444 e. The summed E-state index contributed by atoms with van der Waals surface area (Å²) in [6.07, 6.45) is 0.338. The van der Waals surface area contributed by atoms with Crippen molar-refractivity contribution in [3.05, 3.63) is 47.3 Å². The SMILES string of the molecule is [C-]#[N+][C@@H]1C[C@@H](c2ccccc2)N(C(=O)OC(C)(C)C)C1. The first-order valence-electron chi connectivity index (χ1n) is 6.82. The van der Waals surface area contributed by atoms with Crippen LogP contribution in [0, 0.1) is 6.57 Å². The molecule has 20 heavy (non-hydrogen) atoms. The molecule has 2 rings (SSSR count). The third kappa shape index (κ3) is 3.30. The van der Waals surface area contributed by atoms with E-state index >= 15 is 0 Å². The minimum absolute atomic E-state index is 0.0647. The van der Waals surface area contributed by atoms with E-state index in [2.05, 4.69) is 4.85 Å². The van der Waals surface area contributed by atoms with Crippen LogP contribution in [-0.2, 0) is 4.74 Å². The number of amides is 1. The molecular weight excluding hydrogens is 252 g/mol. The molecule has 1 aliphatic rings. The Balaban J connectivity index is 2.21. The third-order valence-electron chi connectivity index (χ3n) is 3.27. The van der Waals surface area contributed by atoms with E-state index in [0.29, 0.717) is 13.0 Å². The van der Waals surface area contributed by atoms with Gasteiger partial charge in [0.2, 0.25) is 6.04 Å². The van der Waals surface area contributed by atoms with Crippen LogP contribution in [0.15, 0.2) is 30.3 Å². The number of hydrogen-bond acceptors (Lipinski definition) is 2. The monoisotopic (exact) mass is 272 g/mol. The van der Waals surface area contributed by atoms with Crippen LogP contribution < -0.4 is 0 Å². The summed E-state index contributed by atoms with van der Waals surface area (Å²) in [7, 11) is 0. The molecule has 1 heterocycles. The lowest BCUT2D eigenvalue weighted by Gasteiger charge is -2.28. The molecule has 0 aromatic heterocycles. The molecule has 0 aliphatic carbocycles. The summed E-state index contributed by atoms with van der Waals surface area (Å²) in [6.45, 7) is 13.2. The molecule has 0 radical (unpaired) electrons. The maximum absolute atomic E-state index is 12.3. The highest BCUT2D eigenvalue weighted by Crippen LogP contribution is 2.34. The lowest BCUT2D eigenvalue weighted by molar-refractivity contribution is 0.0224. The Hall–Kier alpha value is -2.02. The Labute approximate surface area is 120 Å². The predicted molar refractivity (Wildman–Crippen MR) is 77.1 cm³/mol. The molecule has 2 atom stereocenters. The highest BCUT2D eigenvalue weighted by Gasteiger charge is 2.41. The summed E-state index contributed by atoms with van der Waals surface area (Å²) in [5.74, 6) is 0. The van der Waals surface area contributed by atoms with Gasteiger partial charge in [-0.2, -0.15) is 0 Å². The van der Waals surface area contributed by atoms with Crippen molar-refractivity contribution < 1.29 is 9.53 Å². The van der Waals surface area contributed by atoms with Gasteiger partial charge < -0.3 is 9.58 Å². The molecule has 1 saturated heterocycles. The first-order valence-corrected chi connectivity index (χ1v) is 6.82. The van der Waals surface area contributed by atoms with Gasteiger partial charge in [-0.1, -0.05) is 30.3 Å². The molecule has 0 N–H and O–H groups in total.